The zero-order valence-corrected chi connectivity index (χ0v) is 14.7. The smallest absolute Gasteiger partial charge is 0.248 e. The summed E-state index contributed by atoms with van der Waals surface area (Å²) in [6.07, 6.45) is 3.05. The van der Waals surface area contributed by atoms with Gasteiger partial charge in [0.25, 0.3) is 0 Å². The number of halogens is 2. The SMILES string of the molecule is CC(=O)Nc1cccc(NC(=O)/C=C/c2ccc(Cl)c(Cl)c2)c1C. The lowest BCUT2D eigenvalue weighted by Gasteiger charge is -2.11. The minimum Gasteiger partial charge on any atom is -0.326 e. The fourth-order valence-electron chi connectivity index (χ4n) is 2.06. The molecule has 2 aromatic carbocycles. The summed E-state index contributed by atoms with van der Waals surface area (Å²) in [5.41, 5.74) is 2.84. The molecule has 0 unspecified atom stereocenters. The summed E-state index contributed by atoms with van der Waals surface area (Å²) in [6, 6.07) is 10.4. The van der Waals surface area contributed by atoms with Crippen molar-refractivity contribution in [2.75, 3.05) is 10.6 Å². The van der Waals surface area contributed by atoms with Crippen molar-refractivity contribution in [3.05, 3.63) is 63.6 Å². The van der Waals surface area contributed by atoms with Gasteiger partial charge in [0.05, 0.1) is 10.0 Å². The first-order chi connectivity index (χ1) is 11.4. The maximum atomic E-state index is 12.1. The number of hydrogen-bond acceptors (Lipinski definition) is 2. The maximum Gasteiger partial charge on any atom is 0.248 e. The molecule has 0 aliphatic heterocycles. The van der Waals surface area contributed by atoms with E-state index in [-0.39, 0.29) is 11.8 Å². The molecule has 0 aliphatic rings. The average molecular weight is 363 g/mol. The Morgan fingerprint density at radius 3 is 2.29 bits per heavy atom. The highest BCUT2D eigenvalue weighted by Crippen LogP contribution is 2.24. The van der Waals surface area contributed by atoms with Crippen molar-refractivity contribution in [3.63, 3.8) is 0 Å². The number of rotatable bonds is 4. The molecule has 2 N–H and O–H groups in total. The summed E-state index contributed by atoms with van der Waals surface area (Å²) in [7, 11) is 0. The van der Waals surface area contributed by atoms with Crippen molar-refractivity contribution in [2.45, 2.75) is 13.8 Å². The molecule has 0 saturated heterocycles. The fourth-order valence-corrected chi connectivity index (χ4v) is 2.37. The molecule has 4 nitrogen and oxygen atoms in total. The maximum absolute atomic E-state index is 12.1. The Kier molecular flexibility index (Phi) is 6.01. The second-order valence-corrected chi connectivity index (χ2v) is 5.97. The Morgan fingerprint density at radius 2 is 1.67 bits per heavy atom. The third kappa shape index (κ3) is 4.85. The number of carbonyl (C=O) groups excluding carboxylic acids is 2. The van der Waals surface area contributed by atoms with Gasteiger partial charge in [-0.05, 0) is 48.4 Å². The third-order valence-corrected chi connectivity index (χ3v) is 4.01. The van der Waals surface area contributed by atoms with Gasteiger partial charge in [-0.2, -0.15) is 0 Å². The zero-order chi connectivity index (χ0) is 17.7. The monoisotopic (exact) mass is 362 g/mol. The van der Waals surface area contributed by atoms with E-state index in [0.717, 1.165) is 11.1 Å². The first kappa shape index (κ1) is 18.0. The molecule has 0 radical (unpaired) electrons. The highest BCUT2D eigenvalue weighted by Gasteiger charge is 2.07. The van der Waals surface area contributed by atoms with Gasteiger partial charge in [0.2, 0.25) is 11.8 Å². The molecule has 0 fully saturated rings. The second-order valence-electron chi connectivity index (χ2n) is 5.16. The van der Waals surface area contributed by atoms with E-state index in [1.807, 2.05) is 6.92 Å². The van der Waals surface area contributed by atoms with E-state index < -0.39 is 0 Å². The van der Waals surface area contributed by atoms with E-state index in [1.54, 1.807) is 42.5 Å². The number of amides is 2. The minimum absolute atomic E-state index is 0.166. The Hall–Kier alpha value is -2.30. The second kappa shape index (κ2) is 7.99. The first-order valence-electron chi connectivity index (χ1n) is 7.18. The lowest BCUT2D eigenvalue weighted by Crippen LogP contribution is -2.12. The molecule has 2 rings (SSSR count). The summed E-state index contributed by atoms with van der Waals surface area (Å²) in [5.74, 6) is -0.453. The summed E-state index contributed by atoms with van der Waals surface area (Å²) in [6.45, 7) is 3.26. The van der Waals surface area contributed by atoms with E-state index >= 15 is 0 Å². The van der Waals surface area contributed by atoms with Gasteiger partial charge in [0.1, 0.15) is 0 Å². The van der Waals surface area contributed by atoms with Crippen LogP contribution in [0.5, 0.6) is 0 Å². The molecule has 0 heterocycles. The van der Waals surface area contributed by atoms with Crippen LogP contribution in [0, 0.1) is 6.92 Å². The van der Waals surface area contributed by atoms with Crippen molar-refractivity contribution < 1.29 is 9.59 Å². The standard InChI is InChI=1S/C18H16Cl2N2O2/c1-11-16(21-12(2)23)4-3-5-17(11)22-18(24)9-7-13-6-8-14(19)15(20)10-13/h3-10H,1-2H3,(H,21,23)(H,22,24)/b9-7+. The highest BCUT2D eigenvalue weighted by molar-refractivity contribution is 6.42. The van der Waals surface area contributed by atoms with Crippen LogP contribution in [0.2, 0.25) is 10.0 Å². The molecule has 0 atom stereocenters. The van der Waals surface area contributed by atoms with E-state index in [9.17, 15) is 9.59 Å². The molecule has 0 aromatic heterocycles. The van der Waals surface area contributed by atoms with Crippen LogP contribution in [0.25, 0.3) is 6.08 Å². The van der Waals surface area contributed by atoms with Gasteiger partial charge >= 0.3 is 0 Å². The normalized spacial score (nSPS) is 10.7. The van der Waals surface area contributed by atoms with Gasteiger partial charge < -0.3 is 10.6 Å². The van der Waals surface area contributed by atoms with Crippen molar-refractivity contribution in [3.8, 4) is 0 Å². The summed E-state index contributed by atoms with van der Waals surface area (Å²) < 4.78 is 0. The van der Waals surface area contributed by atoms with E-state index in [2.05, 4.69) is 10.6 Å². The van der Waals surface area contributed by atoms with Crippen LogP contribution in [0.1, 0.15) is 18.1 Å². The van der Waals surface area contributed by atoms with Gasteiger partial charge in [-0.15, -0.1) is 0 Å². The van der Waals surface area contributed by atoms with E-state index in [0.29, 0.717) is 21.4 Å². The van der Waals surface area contributed by atoms with Crippen LogP contribution in [0.3, 0.4) is 0 Å². The van der Waals surface area contributed by atoms with E-state index in [4.69, 9.17) is 23.2 Å². The van der Waals surface area contributed by atoms with Crippen molar-refractivity contribution >= 4 is 52.5 Å². The summed E-state index contributed by atoms with van der Waals surface area (Å²) in [4.78, 5) is 23.3. The molecule has 6 heteroatoms. The van der Waals surface area contributed by atoms with Gasteiger partial charge in [-0.1, -0.05) is 35.3 Å². The molecule has 124 valence electrons. The van der Waals surface area contributed by atoms with E-state index in [1.165, 1.54) is 13.0 Å². The number of carbonyl (C=O) groups is 2. The molecule has 0 aliphatic carbocycles. The fraction of sp³-hybridized carbons (Fsp3) is 0.111. The minimum atomic E-state index is -0.288. The Morgan fingerprint density at radius 1 is 1.00 bits per heavy atom. The molecule has 2 amide bonds. The molecule has 0 spiro atoms. The molecule has 2 aromatic rings. The predicted molar refractivity (Wildman–Crippen MR) is 99.6 cm³/mol. The van der Waals surface area contributed by atoms with Crippen LogP contribution >= 0.6 is 23.2 Å². The van der Waals surface area contributed by atoms with Gasteiger partial charge in [0, 0.05) is 24.4 Å². The highest BCUT2D eigenvalue weighted by atomic mass is 35.5. The molecule has 0 saturated carbocycles. The van der Waals surface area contributed by atoms with Crippen LogP contribution in [-0.4, -0.2) is 11.8 Å². The van der Waals surface area contributed by atoms with Crippen molar-refractivity contribution in [1.82, 2.24) is 0 Å². The summed E-state index contributed by atoms with van der Waals surface area (Å²) in [5, 5.41) is 6.40. The number of anilines is 2. The van der Waals surface area contributed by atoms with Crippen LogP contribution < -0.4 is 10.6 Å². The number of hydrogen-bond donors (Lipinski definition) is 2. The Labute approximate surface area is 150 Å². The lowest BCUT2D eigenvalue weighted by molar-refractivity contribution is -0.114. The average Bonchev–Trinajstić information content (AvgIpc) is 2.52. The lowest BCUT2D eigenvalue weighted by atomic mass is 10.1. The van der Waals surface area contributed by atoms with Crippen molar-refractivity contribution in [1.29, 1.82) is 0 Å². The van der Waals surface area contributed by atoms with Crippen LogP contribution in [-0.2, 0) is 9.59 Å². The van der Waals surface area contributed by atoms with Crippen LogP contribution in [0.4, 0.5) is 11.4 Å². The Bertz CT molecular complexity index is 817. The zero-order valence-electron chi connectivity index (χ0n) is 13.2. The Balaban J connectivity index is 2.10. The molecular formula is C18H16Cl2N2O2. The summed E-state index contributed by atoms with van der Waals surface area (Å²) >= 11 is 11.8. The van der Waals surface area contributed by atoms with Gasteiger partial charge in [0.15, 0.2) is 0 Å². The quantitative estimate of drug-likeness (QED) is 0.758. The largest absolute Gasteiger partial charge is 0.326 e. The predicted octanol–water partition coefficient (Wildman–Crippen LogP) is 4.91. The van der Waals surface area contributed by atoms with Crippen LogP contribution in [0.15, 0.2) is 42.5 Å². The molecular weight excluding hydrogens is 347 g/mol. The van der Waals surface area contributed by atoms with Gasteiger partial charge in [-0.25, -0.2) is 0 Å². The van der Waals surface area contributed by atoms with Gasteiger partial charge in [-0.3, -0.25) is 9.59 Å². The molecule has 0 bridgehead atoms. The molecule has 24 heavy (non-hydrogen) atoms. The number of nitrogens with one attached hydrogen (secondary N) is 2. The number of benzene rings is 2. The first-order valence-corrected chi connectivity index (χ1v) is 7.93. The third-order valence-electron chi connectivity index (χ3n) is 3.27. The topological polar surface area (TPSA) is 58.2 Å². The van der Waals surface area contributed by atoms with Crippen molar-refractivity contribution in [2.24, 2.45) is 0 Å².